The number of nitrogens with one attached hydrogen (secondary N) is 1. The molecule has 0 aliphatic carbocycles. The summed E-state index contributed by atoms with van der Waals surface area (Å²) in [7, 11) is 0. The molecule has 0 aromatic heterocycles. The zero-order valence-electron chi connectivity index (χ0n) is 15.5. The summed E-state index contributed by atoms with van der Waals surface area (Å²) in [6, 6.07) is 13.9. The van der Waals surface area contributed by atoms with Gasteiger partial charge in [0.2, 0.25) is 11.8 Å². The molecule has 0 spiro atoms. The lowest BCUT2D eigenvalue weighted by Gasteiger charge is -2.29. The Morgan fingerprint density at radius 3 is 2.11 bits per heavy atom. The second kappa shape index (κ2) is 10.3. The van der Waals surface area contributed by atoms with E-state index in [0.717, 1.165) is 17.5 Å². The number of carbonyl (C=O) groups is 2. The van der Waals surface area contributed by atoms with E-state index in [1.54, 1.807) is 24.0 Å². The maximum absolute atomic E-state index is 13.0. The van der Waals surface area contributed by atoms with E-state index in [4.69, 9.17) is 23.2 Å². The van der Waals surface area contributed by atoms with Crippen molar-refractivity contribution in [2.75, 3.05) is 6.54 Å². The second-order valence-corrected chi connectivity index (χ2v) is 7.16. The summed E-state index contributed by atoms with van der Waals surface area (Å²) in [6.07, 6.45) is 0.950. The largest absolute Gasteiger partial charge is 0.354 e. The van der Waals surface area contributed by atoms with Crippen molar-refractivity contribution >= 4 is 35.0 Å². The Bertz CT molecular complexity index is 795. The highest BCUT2D eigenvalue weighted by Gasteiger charge is 2.26. The fourth-order valence-corrected chi connectivity index (χ4v) is 3.09. The maximum Gasteiger partial charge on any atom is 0.242 e. The summed E-state index contributed by atoms with van der Waals surface area (Å²) in [5.74, 6) is -0.362. The smallest absolute Gasteiger partial charge is 0.242 e. The first kappa shape index (κ1) is 21.3. The molecule has 2 aromatic carbocycles. The summed E-state index contributed by atoms with van der Waals surface area (Å²) in [4.78, 5) is 27.1. The number of hydrogen-bond donors (Lipinski definition) is 1. The van der Waals surface area contributed by atoms with Gasteiger partial charge < -0.3 is 10.2 Å². The number of carbonyl (C=O) groups excluding carboxylic acids is 2. The summed E-state index contributed by atoms with van der Waals surface area (Å²) in [5, 5.41) is 3.95. The van der Waals surface area contributed by atoms with Crippen molar-refractivity contribution in [3.05, 3.63) is 69.7 Å². The first-order chi connectivity index (χ1) is 12.9. The molecular weight excluding hydrogens is 383 g/mol. The Morgan fingerprint density at radius 1 is 1.00 bits per heavy atom. The van der Waals surface area contributed by atoms with Gasteiger partial charge >= 0.3 is 0 Å². The average Bonchev–Trinajstić information content (AvgIpc) is 2.66. The number of nitrogens with zero attached hydrogens (tertiary/aromatic N) is 1. The first-order valence-electron chi connectivity index (χ1n) is 8.98. The van der Waals surface area contributed by atoms with Crippen molar-refractivity contribution in [2.45, 2.75) is 39.3 Å². The van der Waals surface area contributed by atoms with Crippen LogP contribution in [0.1, 0.15) is 31.4 Å². The number of rotatable bonds is 8. The van der Waals surface area contributed by atoms with Crippen LogP contribution in [0.15, 0.2) is 48.5 Å². The third-order valence-corrected chi connectivity index (χ3v) is 5.05. The highest BCUT2D eigenvalue weighted by Crippen LogP contribution is 2.21. The van der Waals surface area contributed by atoms with Crippen molar-refractivity contribution in [3.8, 4) is 0 Å². The lowest BCUT2D eigenvalue weighted by molar-refractivity contribution is -0.140. The van der Waals surface area contributed by atoms with Crippen LogP contribution in [0.25, 0.3) is 0 Å². The predicted octanol–water partition coefficient (Wildman–Crippen LogP) is 4.48. The SMILES string of the molecule is CCCNC(=O)[C@H](C)N(Cc1ccccc1Cl)C(=O)Cc1ccccc1Cl. The third-order valence-electron chi connectivity index (χ3n) is 4.31. The van der Waals surface area contributed by atoms with Crippen LogP contribution in [0.3, 0.4) is 0 Å². The second-order valence-electron chi connectivity index (χ2n) is 6.35. The molecule has 144 valence electrons. The molecule has 1 atom stereocenters. The van der Waals surface area contributed by atoms with E-state index < -0.39 is 6.04 Å². The van der Waals surface area contributed by atoms with Gasteiger partial charge in [-0.05, 0) is 36.6 Å². The molecule has 4 nitrogen and oxygen atoms in total. The van der Waals surface area contributed by atoms with Crippen LogP contribution in [0.2, 0.25) is 10.0 Å². The minimum atomic E-state index is -0.622. The predicted molar refractivity (Wildman–Crippen MR) is 110 cm³/mol. The standard InChI is InChI=1S/C21H24Cl2N2O2/c1-3-12-24-21(27)15(2)25(14-17-9-5-7-11-19(17)23)20(26)13-16-8-4-6-10-18(16)22/h4-11,15H,3,12-14H2,1-2H3,(H,24,27)/t15-/m0/s1. The Hall–Kier alpha value is -2.04. The quantitative estimate of drug-likeness (QED) is 0.702. The van der Waals surface area contributed by atoms with Gasteiger partial charge in [0.15, 0.2) is 0 Å². The Kier molecular flexibility index (Phi) is 8.14. The van der Waals surface area contributed by atoms with Gasteiger partial charge in [0.05, 0.1) is 6.42 Å². The van der Waals surface area contributed by atoms with Crippen molar-refractivity contribution in [1.29, 1.82) is 0 Å². The summed E-state index contributed by atoms with van der Waals surface area (Å²) in [6.45, 7) is 4.53. The molecule has 0 radical (unpaired) electrons. The van der Waals surface area contributed by atoms with Gasteiger partial charge in [-0.3, -0.25) is 9.59 Å². The highest BCUT2D eigenvalue weighted by molar-refractivity contribution is 6.31. The summed E-state index contributed by atoms with van der Waals surface area (Å²) >= 11 is 12.5. The molecule has 0 saturated carbocycles. The van der Waals surface area contributed by atoms with E-state index in [9.17, 15) is 9.59 Å². The molecule has 2 amide bonds. The molecule has 0 heterocycles. The maximum atomic E-state index is 13.0. The first-order valence-corrected chi connectivity index (χ1v) is 9.73. The van der Waals surface area contributed by atoms with Crippen LogP contribution in [-0.4, -0.2) is 29.3 Å². The molecule has 0 unspecified atom stereocenters. The van der Waals surface area contributed by atoms with Gasteiger partial charge in [-0.25, -0.2) is 0 Å². The Balaban J connectivity index is 2.25. The fraction of sp³-hybridized carbons (Fsp3) is 0.333. The molecular formula is C21H24Cl2N2O2. The van der Waals surface area contributed by atoms with Gasteiger partial charge in [-0.2, -0.15) is 0 Å². The third kappa shape index (κ3) is 5.98. The van der Waals surface area contributed by atoms with E-state index in [1.165, 1.54) is 0 Å². The van der Waals surface area contributed by atoms with Gasteiger partial charge in [0.25, 0.3) is 0 Å². The molecule has 0 aliphatic rings. The zero-order valence-corrected chi connectivity index (χ0v) is 17.1. The van der Waals surface area contributed by atoms with Crippen LogP contribution in [0.5, 0.6) is 0 Å². The van der Waals surface area contributed by atoms with Crippen LogP contribution >= 0.6 is 23.2 Å². The molecule has 0 aliphatic heterocycles. The normalized spacial score (nSPS) is 11.7. The van der Waals surface area contributed by atoms with Crippen molar-refractivity contribution < 1.29 is 9.59 Å². The van der Waals surface area contributed by atoms with Crippen LogP contribution in [0, 0.1) is 0 Å². The van der Waals surface area contributed by atoms with E-state index in [1.807, 2.05) is 43.3 Å². The van der Waals surface area contributed by atoms with Crippen LogP contribution in [-0.2, 0) is 22.6 Å². The van der Waals surface area contributed by atoms with Crippen LogP contribution in [0.4, 0.5) is 0 Å². The topological polar surface area (TPSA) is 49.4 Å². The van der Waals surface area contributed by atoms with Gasteiger partial charge in [-0.1, -0.05) is 66.5 Å². The lowest BCUT2D eigenvalue weighted by Crippen LogP contribution is -2.48. The highest BCUT2D eigenvalue weighted by atomic mass is 35.5. The fourth-order valence-electron chi connectivity index (χ4n) is 2.69. The Labute approximate surface area is 170 Å². The minimum absolute atomic E-state index is 0.121. The average molecular weight is 407 g/mol. The minimum Gasteiger partial charge on any atom is -0.354 e. The van der Waals surface area contributed by atoms with Gasteiger partial charge in [0.1, 0.15) is 6.04 Å². The van der Waals surface area contributed by atoms with Crippen LogP contribution < -0.4 is 5.32 Å². The number of halogens is 2. The van der Waals surface area contributed by atoms with Gasteiger partial charge in [-0.15, -0.1) is 0 Å². The molecule has 27 heavy (non-hydrogen) atoms. The van der Waals surface area contributed by atoms with Crippen molar-refractivity contribution in [3.63, 3.8) is 0 Å². The number of benzene rings is 2. The molecule has 2 aromatic rings. The Morgan fingerprint density at radius 2 is 1.56 bits per heavy atom. The van der Waals surface area contributed by atoms with E-state index in [-0.39, 0.29) is 24.8 Å². The monoisotopic (exact) mass is 406 g/mol. The van der Waals surface area contributed by atoms with Gasteiger partial charge in [0, 0.05) is 23.1 Å². The zero-order chi connectivity index (χ0) is 19.8. The summed E-state index contributed by atoms with van der Waals surface area (Å²) < 4.78 is 0. The molecule has 0 fully saturated rings. The number of amides is 2. The molecule has 2 rings (SSSR count). The van der Waals surface area contributed by atoms with E-state index in [2.05, 4.69) is 5.32 Å². The van der Waals surface area contributed by atoms with Crippen molar-refractivity contribution in [2.24, 2.45) is 0 Å². The van der Waals surface area contributed by atoms with E-state index in [0.29, 0.717) is 16.6 Å². The summed E-state index contributed by atoms with van der Waals surface area (Å²) in [5.41, 5.74) is 1.52. The number of hydrogen-bond acceptors (Lipinski definition) is 2. The molecule has 6 heteroatoms. The van der Waals surface area contributed by atoms with Crippen molar-refractivity contribution in [1.82, 2.24) is 10.2 Å². The molecule has 1 N–H and O–H groups in total. The van der Waals surface area contributed by atoms with E-state index >= 15 is 0 Å². The molecule has 0 saturated heterocycles. The lowest BCUT2D eigenvalue weighted by atomic mass is 10.1. The molecule has 0 bridgehead atoms.